The first-order valence-electron chi connectivity index (χ1n) is 4.80. The summed E-state index contributed by atoms with van der Waals surface area (Å²) < 4.78 is 0. The molecule has 1 aromatic carbocycles. The molecule has 1 aliphatic rings. The zero-order chi connectivity index (χ0) is 12.3. The summed E-state index contributed by atoms with van der Waals surface area (Å²) >= 11 is 12.0. The van der Waals surface area contributed by atoms with E-state index in [-0.39, 0.29) is 0 Å². The van der Waals surface area contributed by atoms with E-state index in [2.05, 4.69) is 20.4 Å². The zero-order valence-corrected chi connectivity index (χ0v) is 10.2. The number of azide groups is 1. The topological polar surface area (TPSA) is 76.4 Å². The summed E-state index contributed by atoms with van der Waals surface area (Å²) in [5.41, 5.74) is 8.95. The van der Waals surface area contributed by atoms with Gasteiger partial charge in [-0.3, -0.25) is 0 Å². The maximum absolute atomic E-state index is 8.40. The third-order valence-electron chi connectivity index (χ3n) is 2.17. The van der Waals surface area contributed by atoms with Gasteiger partial charge in [-0.15, -0.1) is 5.53 Å². The van der Waals surface area contributed by atoms with Gasteiger partial charge in [-0.05, 0) is 17.4 Å². The van der Waals surface area contributed by atoms with E-state index in [9.17, 15) is 0 Å². The van der Waals surface area contributed by atoms with Gasteiger partial charge >= 0.3 is 0 Å². The number of para-hydroxylation sites is 1. The van der Waals surface area contributed by atoms with Gasteiger partial charge in [-0.2, -0.15) is 9.92 Å². The number of halogens is 2. The molecule has 0 amide bonds. The lowest BCUT2D eigenvalue weighted by Gasteiger charge is -2.12. The normalized spacial score (nSPS) is 14.2. The number of benzene rings is 1. The summed E-state index contributed by atoms with van der Waals surface area (Å²) in [7, 11) is 0. The molecule has 0 atom stereocenters. The van der Waals surface area contributed by atoms with Crippen molar-refractivity contribution in [3.05, 3.63) is 38.7 Å². The lowest BCUT2D eigenvalue weighted by atomic mass is 10.3. The second-order valence-corrected chi connectivity index (χ2v) is 4.04. The van der Waals surface area contributed by atoms with E-state index in [4.69, 9.17) is 28.7 Å². The van der Waals surface area contributed by atoms with Crippen LogP contribution in [0.2, 0.25) is 10.0 Å². The molecule has 0 saturated carbocycles. The molecule has 0 bridgehead atoms. The zero-order valence-electron chi connectivity index (χ0n) is 8.64. The number of nitrogens with zero attached hydrogens (tertiary/aromatic N) is 5. The summed E-state index contributed by atoms with van der Waals surface area (Å²) in [6.07, 6.45) is 0. The van der Waals surface area contributed by atoms with Crippen molar-refractivity contribution in [2.24, 2.45) is 10.2 Å². The minimum absolute atomic E-state index is 0.442. The SMILES string of the molecule is [N-]=[N+]=NN1CCN=C1Nc1c(Cl)cccc1Cl. The Morgan fingerprint density at radius 2 is 2.12 bits per heavy atom. The number of nitrogens with one attached hydrogen (secondary N) is 1. The largest absolute Gasteiger partial charge is 0.303 e. The Balaban J connectivity index is 2.24. The van der Waals surface area contributed by atoms with Crippen LogP contribution < -0.4 is 5.32 Å². The Kier molecular flexibility index (Phi) is 3.58. The van der Waals surface area contributed by atoms with Gasteiger partial charge in [0, 0.05) is 0 Å². The Morgan fingerprint density at radius 3 is 2.76 bits per heavy atom. The molecule has 1 heterocycles. The van der Waals surface area contributed by atoms with Crippen molar-refractivity contribution in [3.63, 3.8) is 0 Å². The van der Waals surface area contributed by atoms with Crippen LogP contribution in [0.3, 0.4) is 0 Å². The van der Waals surface area contributed by atoms with Crippen LogP contribution >= 0.6 is 23.2 Å². The maximum Gasteiger partial charge on any atom is 0.297 e. The van der Waals surface area contributed by atoms with Crippen LogP contribution in [-0.4, -0.2) is 24.1 Å². The third kappa shape index (κ3) is 2.55. The van der Waals surface area contributed by atoms with Gasteiger partial charge in [0.25, 0.3) is 5.96 Å². The number of hydrogen-bond acceptors (Lipinski definition) is 3. The molecule has 88 valence electrons. The molecule has 0 radical (unpaired) electrons. The summed E-state index contributed by atoms with van der Waals surface area (Å²) in [6, 6.07) is 5.17. The molecular weight excluding hydrogens is 263 g/mol. The first kappa shape index (κ1) is 11.9. The van der Waals surface area contributed by atoms with Crippen molar-refractivity contribution in [2.75, 3.05) is 18.4 Å². The number of aliphatic imine (C=N–C) groups is 1. The molecule has 0 aliphatic carbocycles. The molecule has 0 unspecified atom stereocenters. The van der Waals surface area contributed by atoms with Crippen molar-refractivity contribution in [1.82, 2.24) is 5.01 Å². The predicted molar refractivity (Wildman–Crippen MR) is 68.2 cm³/mol. The fourth-order valence-electron chi connectivity index (χ4n) is 1.41. The molecule has 17 heavy (non-hydrogen) atoms. The average Bonchev–Trinajstić information content (AvgIpc) is 2.72. The number of hydrogen-bond donors (Lipinski definition) is 1. The second-order valence-electron chi connectivity index (χ2n) is 3.23. The van der Waals surface area contributed by atoms with Crippen molar-refractivity contribution in [2.45, 2.75) is 0 Å². The first-order valence-corrected chi connectivity index (χ1v) is 5.56. The number of rotatable bonds is 2. The van der Waals surface area contributed by atoms with Crippen molar-refractivity contribution >= 4 is 34.8 Å². The summed E-state index contributed by atoms with van der Waals surface area (Å²) in [4.78, 5) is 6.88. The van der Waals surface area contributed by atoms with E-state index >= 15 is 0 Å². The quantitative estimate of drug-likeness (QED) is 0.509. The molecular formula is C9H8Cl2N6. The molecule has 6 nitrogen and oxygen atoms in total. The molecule has 0 fully saturated rings. The van der Waals surface area contributed by atoms with Gasteiger partial charge in [-0.25, -0.2) is 4.99 Å². The summed E-state index contributed by atoms with van der Waals surface area (Å²) in [6.45, 7) is 1.10. The first-order chi connectivity index (χ1) is 8.22. The van der Waals surface area contributed by atoms with Crippen LogP contribution in [0.15, 0.2) is 28.4 Å². The Labute approximate surface area is 107 Å². The highest BCUT2D eigenvalue weighted by atomic mass is 35.5. The predicted octanol–water partition coefficient (Wildman–Crippen LogP) is 3.30. The third-order valence-corrected chi connectivity index (χ3v) is 2.80. The summed E-state index contributed by atoms with van der Waals surface area (Å²) in [5, 5.41) is 8.83. The average molecular weight is 271 g/mol. The van der Waals surface area contributed by atoms with Crippen LogP contribution in [-0.2, 0) is 0 Å². The van der Waals surface area contributed by atoms with Crippen LogP contribution in [0.1, 0.15) is 0 Å². The minimum atomic E-state index is 0.442. The van der Waals surface area contributed by atoms with E-state index in [0.29, 0.717) is 34.8 Å². The molecule has 1 N–H and O–H groups in total. The van der Waals surface area contributed by atoms with Gasteiger partial charge < -0.3 is 5.32 Å². The Hall–Kier alpha value is -1.62. The molecule has 1 aromatic rings. The Bertz CT molecular complexity index is 488. The molecule has 0 saturated heterocycles. The van der Waals surface area contributed by atoms with Crippen molar-refractivity contribution < 1.29 is 0 Å². The van der Waals surface area contributed by atoms with E-state index in [1.807, 2.05) is 0 Å². The highest BCUT2D eigenvalue weighted by molar-refractivity contribution is 6.39. The van der Waals surface area contributed by atoms with Crippen molar-refractivity contribution in [1.29, 1.82) is 0 Å². The lowest BCUT2D eigenvalue weighted by Crippen LogP contribution is -2.28. The second kappa shape index (κ2) is 5.14. The monoisotopic (exact) mass is 270 g/mol. The fourth-order valence-corrected chi connectivity index (χ4v) is 1.90. The lowest BCUT2D eigenvalue weighted by molar-refractivity contribution is 0.479. The smallest absolute Gasteiger partial charge is 0.297 e. The maximum atomic E-state index is 8.40. The van der Waals surface area contributed by atoms with Gasteiger partial charge in [0.05, 0.1) is 22.3 Å². The highest BCUT2D eigenvalue weighted by Crippen LogP contribution is 2.30. The fraction of sp³-hybridized carbons (Fsp3) is 0.222. The molecule has 8 heteroatoms. The van der Waals surface area contributed by atoms with Gasteiger partial charge in [0.15, 0.2) is 0 Å². The molecule has 0 spiro atoms. The van der Waals surface area contributed by atoms with E-state index in [1.54, 1.807) is 18.2 Å². The van der Waals surface area contributed by atoms with Crippen LogP contribution in [0.5, 0.6) is 0 Å². The molecule has 1 aliphatic heterocycles. The van der Waals surface area contributed by atoms with E-state index in [0.717, 1.165) is 0 Å². The number of anilines is 1. The van der Waals surface area contributed by atoms with Gasteiger partial charge in [-0.1, -0.05) is 29.3 Å². The minimum Gasteiger partial charge on any atom is -0.303 e. The standard InChI is InChI=1S/C9H8Cl2N6/c10-6-2-1-3-7(11)8(6)14-9-13-4-5-17(9)16-15-12/h1-3H,4-5H2,(H,13,14). The molecule has 0 aromatic heterocycles. The van der Waals surface area contributed by atoms with Crippen LogP contribution in [0, 0.1) is 0 Å². The molecule has 2 rings (SSSR count). The van der Waals surface area contributed by atoms with Gasteiger partial charge in [0.2, 0.25) is 0 Å². The van der Waals surface area contributed by atoms with Crippen molar-refractivity contribution in [3.8, 4) is 0 Å². The van der Waals surface area contributed by atoms with Crippen LogP contribution in [0.25, 0.3) is 10.4 Å². The Morgan fingerprint density at radius 1 is 1.41 bits per heavy atom. The highest BCUT2D eigenvalue weighted by Gasteiger charge is 2.22. The van der Waals surface area contributed by atoms with Gasteiger partial charge in [0.1, 0.15) is 6.54 Å². The summed E-state index contributed by atoms with van der Waals surface area (Å²) in [5.74, 6) is 0.442. The number of guanidine groups is 1. The van der Waals surface area contributed by atoms with E-state index in [1.165, 1.54) is 5.01 Å². The van der Waals surface area contributed by atoms with E-state index < -0.39 is 0 Å². The van der Waals surface area contributed by atoms with Crippen LogP contribution in [0.4, 0.5) is 5.69 Å².